The van der Waals surface area contributed by atoms with E-state index in [0.29, 0.717) is 36.5 Å². The van der Waals surface area contributed by atoms with Crippen LogP contribution in [0.1, 0.15) is 60.3 Å². The van der Waals surface area contributed by atoms with Crippen molar-refractivity contribution < 1.29 is 4.42 Å². The lowest BCUT2D eigenvalue weighted by Crippen LogP contribution is -2.37. The van der Waals surface area contributed by atoms with E-state index < -0.39 is 0 Å². The van der Waals surface area contributed by atoms with Gasteiger partial charge in [0.05, 0.1) is 6.54 Å². The van der Waals surface area contributed by atoms with Crippen LogP contribution in [-0.2, 0) is 6.54 Å². The highest BCUT2D eigenvalue weighted by Gasteiger charge is 2.22. The Kier molecular flexibility index (Phi) is 6.99. The van der Waals surface area contributed by atoms with Crippen LogP contribution in [0.2, 0.25) is 0 Å². The molecule has 0 spiro atoms. The summed E-state index contributed by atoms with van der Waals surface area (Å²) in [6.07, 6.45) is 2.18. The topological polar surface area (TPSA) is 54.2 Å². The van der Waals surface area contributed by atoms with Gasteiger partial charge in [-0.25, -0.2) is 0 Å². The van der Waals surface area contributed by atoms with E-state index in [1.165, 1.54) is 0 Å². The predicted molar refractivity (Wildman–Crippen MR) is 82.8 cm³/mol. The van der Waals surface area contributed by atoms with Crippen LogP contribution in [-0.4, -0.2) is 28.8 Å². The smallest absolute Gasteiger partial charge is 0.318 e. The number of nitrogens with zero attached hydrogens (tertiary/aromatic N) is 3. The first kappa shape index (κ1) is 17.0. The average molecular weight is 282 g/mol. The second-order valence-corrected chi connectivity index (χ2v) is 6.03. The third-order valence-electron chi connectivity index (χ3n) is 3.31. The zero-order chi connectivity index (χ0) is 15.1. The minimum Gasteiger partial charge on any atom is -0.407 e. The summed E-state index contributed by atoms with van der Waals surface area (Å²) in [5.74, 6) is 1.23. The molecule has 116 valence electrons. The van der Waals surface area contributed by atoms with Gasteiger partial charge in [0.15, 0.2) is 0 Å². The van der Waals surface area contributed by atoms with Crippen molar-refractivity contribution in [3.63, 3.8) is 0 Å². The molecule has 0 aliphatic carbocycles. The van der Waals surface area contributed by atoms with Crippen molar-refractivity contribution in [1.29, 1.82) is 0 Å². The van der Waals surface area contributed by atoms with E-state index in [1.807, 2.05) is 0 Å². The summed E-state index contributed by atoms with van der Waals surface area (Å²) in [4.78, 5) is 2.26. The Morgan fingerprint density at radius 2 is 1.75 bits per heavy atom. The fraction of sp³-hybridized carbons (Fsp3) is 0.867. The SMILES string of the molecule is CCC(CC)N(CC(C)C)c1nnc(CNC(C)C)o1. The Morgan fingerprint density at radius 3 is 2.25 bits per heavy atom. The van der Waals surface area contributed by atoms with Gasteiger partial charge in [-0.2, -0.15) is 0 Å². The van der Waals surface area contributed by atoms with Crippen molar-refractivity contribution in [2.75, 3.05) is 11.4 Å². The molecule has 0 radical (unpaired) electrons. The Morgan fingerprint density at radius 1 is 1.10 bits per heavy atom. The minimum absolute atomic E-state index is 0.413. The first-order valence-corrected chi connectivity index (χ1v) is 7.80. The molecule has 1 aromatic rings. The number of hydrogen-bond acceptors (Lipinski definition) is 5. The molecular weight excluding hydrogens is 252 g/mol. The molecule has 5 heteroatoms. The molecule has 0 bridgehead atoms. The minimum atomic E-state index is 0.413. The first-order valence-electron chi connectivity index (χ1n) is 7.80. The zero-order valence-electron chi connectivity index (χ0n) is 13.8. The van der Waals surface area contributed by atoms with Crippen LogP contribution >= 0.6 is 0 Å². The number of rotatable bonds is 9. The second-order valence-electron chi connectivity index (χ2n) is 6.03. The highest BCUT2D eigenvalue weighted by Crippen LogP contribution is 2.20. The van der Waals surface area contributed by atoms with E-state index >= 15 is 0 Å². The van der Waals surface area contributed by atoms with Gasteiger partial charge < -0.3 is 14.6 Å². The van der Waals surface area contributed by atoms with E-state index in [1.54, 1.807) is 0 Å². The summed E-state index contributed by atoms with van der Waals surface area (Å²) in [5.41, 5.74) is 0. The maximum atomic E-state index is 5.82. The lowest BCUT2D eigenvalue weighted by molar-refractivity contribution is 0.415. The van der Waals surface area contributed by atoms with Gasteiger partial charge in [-0.15, -0.1) is 5.10 Å². The van der Waals surface area contributed by atoms with Crippen molar-refractivity contribution in [2.24, 2.45) is 5.92 Å². The fourth-order valence-electron chi connectivity index (χ4n) is 2.23. The van der Waals surface area contributed by atoms with Gasteiger partial charge in [-0.1, -0.05) is 46.6 Å². The molecule has 5 nitrogen and oxygen atoms in total. The molecule has 0 atom stereocenters. The average Bonchev–Trinajstić information content (AvgIpc) is 2.84. The number of anilines is 1. The Hall–Kier alpha value is -1.10. The van der Waals surface area contributed by atoms with Crippen molar-refractivity contribution >= 4 is 6.01 Å². The van der Waals surface area contributed by atoms with Crippen LogP contribution in [0.15, 0.2) is 4.42 Å². The van der Waals surface area contributed by atoms with Gasteiger partial charge in [-0.05, 0) is 18.8 Å². The van der Waals surface area contributed by atoms with Gasteiger partial charge in [0, 0.05) is 18.6 Å². The van der Waals surface area contributed by atoms with Gasteiger partial charge in [0.25, 0.3) is 0 Å². The molecule has 0 saturated heterocycles. The third-order valence-corrected chi connectivity index (χ3v) is 3.31. The molecule has 0 fully saturated rings. The van der Waals surface area contributed by atoms with Crippen molar-refractivity contribution in [3.05, 3.63) is 5.89 Å². The predicted octanol–water partition coefficient (Wildman–Crippen LogP) is 3.22. The molecule has 0 unspecified atom stereocenters. The third kappa shape index (κ3) is 5.12. The summed E-state index contributed by atoms with van der Waals surface area (Å²) >= 11 is 0. The van der Waals surface area contributed by atoms with Crippen LogP contribution in [0.5, 0.6) is 0 Å². The highest BCUT2D eigenvalue weighted by atomic mass is 16.4. The molecule has 0 amide bonds. The maximum Gasteiger partial charge on any atom is 0.318 e. The van der Waals surface area contributed by atoms with Crippen LogP contribution < -0.4 is 10.2 Å². The molecule has 1 aromatic heterocycles. The van der Waals surface area contributed by atoms with Crippen LogP contribution in [0.25, 0.3) is 0 Å². The number of nitrogens with one attached hydrogen (secondary N) is 1. The lowest BCUT2D eigenvalue weighted by Gasteiger charge is -2.30. The van der Waals surface area contributed by atoms with E-state index in [-0.39, 0.29) is 0 Å². The van der Waals surface area contributed by atoms with Gasteiger partial charge >= 0.3 is 6.01 Å². The highest BCUT2D eigenvalue weighted by molar-refractivity contribution is 5.26. The summed E-state index contributed by atoms with van der Waals surface area (Å²) in [6.45, 7) is 14.6. The summed E-state index contributed by atoms with van der Waals surface area (Å²) in [7, 11) is 0. The molecule has 1 heterocycles. The Bertz CT molecular complexity index is 372. The number of aromatic nitrogens is 2. The molecule has 0 saturated carbocycles. The maximum absolute atomic E-state index is 5.82. The zero-order valence-corrected chi connectivity index (χ0v) is 13.8. The van der Waals surface area contributed by atoms with Gasteiger partial charge in [-0.3, -0.25) is 0 Å². The summed E-state index contributed by atoms with van der Waals surface area (Å²) in [6, 6.07) is 1.54. The van der Waals surface area contributed by atoms with Crippen LogP contribution in [0.3, 0.4) is 0 Å². The monoisotopic (exact) mass is 282 g/mol. The fourth-order valence-corrected chi connectivity index (χ4v) is 2.23. The largest absolute Gasteiger partial charge is 0.407 e. The van der Waals surface area contributed by atoms with Crippen molar-refractivity contribution in [2.45, 2.75) is 73.0 Å². The van der Waals surface area contributed by atoms with Gasteiger partial charge in [0.2, 0.25) is 5.89 Å². The first-order chi connectivity index (χ1) is 9.47. The number of hydrogen-bond donors (Lipinski definition) is 1. The summed E-state index contributed by atoms with van der Waals surface area (Å²) < 4.78 is 5.82. The van der Waals surface area contributed by atoms with E-state index in [2.05, 4.69) is 62.0 Å². The molecule has 20 heavy (non-hydrogen) atoms. The van der Waals surface area contributed by atoms with Crippen LogP contribution in [0.4, 0.5) is 6.01 Å². The Labute approximate surface area is 123 Å². The lowest BCUT2D eigenvalue weighted by atomic mass is 10.1. The molecule has 0 aliphatic heterocycles. The molecule has 1 rings (SSSR count). The Balaban J connectivity index is 2.79. The summed E-state index contributed by atoms with van der Waals surface area (Å²) in [5, 5.41) is 11.7. The second kappa shape index (κ2) is 8.25. The molecule has 1 N–H and O–H groups in total. The molecule has 0 aromatic carbocycles. The van der Waals surface area contributed by atoms with Crippen LogP contribution in [0, 0.1) is 5.92 Å². The van der Waals surface area contributed by atoms with E-state index in [4.69, 9.17) is 4.42 Å². The quantitative estimate of drug-likeness (QED) is 0.753. The van der Waals surface area contributed by atoms with Crippen molar-refractivity contribution in [1.82, 2.24) is 15.5 Å². The standard InChI is InChI=1S/C15H30N4O/c1-7-13(8-2)19(10-11(3)4)15-18-17-14(20-15)9-16-12(5)6/h11-13,16H,7-10H2,1-6H3. The molecular formula is C15H30N4O. The van der Waals surface area contributed by atoms with Gasteiger partial charge in [0.1, 0.15) is 0 Å². The van der Waals surface area contributed by atoms with Crippen molar-refractivity contribution in [3.8, 4) is 0 Å². The van der Waals surface area contributed by atoms with E-state index in [0.717, 1.165) is 19.4 Å². The van der Waals surface area contributed by atoms with E-state index in [9.17, 15) is 0 Å². The normalized spacial score (nSPS) is 11.8. The molecule has 0 aliphatic rings.